The van der Waals surface area contributed by atoms with Crippen molar-refractivity contribution in [3.63, 3.8) is 0 Å². The van der Waals surface area contributed by atoms with Crippen LogP contribution in [0.25, 0.3) is 22.5 Å². The highest BCUT2D eigenvalue weighted by Gasteiger charge is 2.55. The van der Waals surface area contributed by atoms with Crippen molar-refractivity contribution in [1.82, 2.24) is 15.0 Å². The van der Waals surface area contributed by atoms with E-state index in [0.717, 1.165) is 5.56 Å². The van der Waals surface area contributed by atoms with E-state index < -0.39 is 29.2 Å². The predicted molar refractivity (Wildman–Crippen MR) is 117 cm³/mol. The number of primary amides is 1. The van der Waals surface area contributed by atoms with Crippen molar-refractivity contribution in [3.05, 3.63) is 60.4 Å². The molecule has 0 bridgehead atoms. The molecular weight excluding hydrogens is 443 g/mol. The van der Waals surface area contributed by atoms with Gasteiger partial charge in [-0.2, -0.15) is 0 Å². The minimum Gasteiger partial charge on any atom is -0.448 e. The van der Waals surface area contributed by atoms with E-state index in [2.05, 4.69) is 15.0 Å². The number of halogens is 1. The van der Waals surface area contributed by atoms with Gasteiger partial charge in [-0.15, -0.1) is 0 Å². The number of hydrogen-bond acceptors (Lipinski definition) is 7. The minimum absolute atomic E-state index is 0.00249. The van der Waals surface area contributed by atoms with Crippen LogP contribution in [-0.2, 0) is 23.8 Å². The molecule has 1 aliphatic carbocycles. The van der Waals surface area contributed by atoms with E-state index in [1.165, 1.54) is 12.1 Å². The van der Waals surface area contributed by atoms with Crippen LogP contribution < -0.4 is 5.73 Å². The number of ether oxygens (including phenoxy) is 3. The molecule has 10 heteroatoms. The van der Waals surface area contributed by atoms with Gasteiger partial charge < -0.3 is 24.9 Å². The monoisotopic (exact) mass is 466 g/mol. The topological polar surface area (TPSA) is 129 Å². The van der Waals surface area contributed by atoms with Gasteiger partial charge in [-0.05, 0) is 43.3 Å². The fraction of sp³-hybridized carbons (Fsp3) is 0.333. The van der Waals surface area contributed by atoms with Crippen LogP contribution in [0.4, 0.5) is 4.39 Å². The lowest BCUT2D eigenvalue weighted by atomic mass is 9.92. The van der Waals surface area contributed by atoms with Gasteiger partial charge in [-0.25, -0.2) is 9.37 Å². The first kappa shape index (κ1) is 22.2. The van der Waals surface area contributed by atoms with Crippen molar-refractivity contribution >= 4 is 11.9 Å². The van der Waals surface area contributed by atoms with Crippen LogP contribution in [-0.4, -0.2) is 45.6 Å². The van der Waals surface area contributed by atoms with Gasteiger partial charge in [0.1, 0.15) is 11.2 Å². The molecule has 9 nitrogen and oxygen atoms in total. The van der Waals surface area contributed by atoms with Gasteiger partial charge in [0.15, 0.2) is 11.4 Å². The summed E-state index contributed by atoms with van der Waals surface area (Å²) in [5.41, 5.74) is 5.89. The Morgan fingerprint density at radius 1 is 1.09 bits per heavy atom. The molecule has 1 amide bonds. The number of amides is 1. The van der Waals surface area contributed by atoms with Gasteiger partial charge in [0.05, 0.1) is 24.6 Å². The number of imidazole rings is 1. The highest BCUT2D eigenvalue weighted by molar-refractivity contribution is 5.90. The molecule has 1 saturated carbocycles. The number of pyridine rings is 1. The summed E-state index contributed by atoms with van der Waals surface area (Å²) < 4.78 is 30.6. The second-order valence-corrected chi connectivity index (χ2v) is 8.85. The van der Waals surface area contributed by atoms with E-state index in [9.17, 15) is 14.0 Å². The zero-order chi connectivity index (χ0) is 23.9. The van der Waals surface area contributed by atoms with Crippen LogP contribution in [0.2, 0.25) is 0 Å². The molecule has 34 heavy (non-hydrogen) atoms. The standard InChI is InChI=1S/C24H23FN4O5/c1-23(22(31)34-24(8-9-24)21(26)30)12-32-20(33-13-23)19-28-17(14-2-4-16(25)5-3-14)18(29-19)15-6-10-27-11-7-15/h2-7,10-11,20H,8-9,12-13H2,1H3,(H2,26,30)(H,28,29). The van der Waals surface area contributed by atoms with E-state index in [1.54, 1.807) is 31.5 Å². The number of nitrogens with one attached hydrogen (secondary N) is 1. The summed E-state index contributed by atoms with van der Waals surface area (Å²) in [6.45, 7) is 1.65. The third-order valence-corrected chi connectivity index (χ3v) is 6.07. The first-order valence-corrected chi connectivity index (χ1v) is 10.8. The molecule has 3 heterocycles. The highest BCUT2D eigenvalue weighted by Crippen LogP contribution is 2.42. The Balaban J connectivity index is 1.37. The molecule has 5 rings (SSSR count). The van der Waals surface area contributed by atoms with Crippen LogP contribution >= 0.6 is 0 Å². The fourth-order valence-corrected chi connectivity index (χ4v) is 3.74. The minimum atomic E-state index is -1.21. The lowest BCUT2D eigenvalue weighted by Crippen LogP contribution is -2.47. The normalized spacial score (nSPS) is 23.3. The molecular formula is C24H23FN4O5. The molecule has 3 N–H and O–H groups in total. The third kappa shape index (κ3) is 4.06. The lowest BCUT2D eigenvalue weighted by Gasteiger charge is -2.35. The molecule has 1 aliphatic heterocycles. The Hall–Kier alpha value is -3.63. The van der Waals surface area contributed by atoms with Gasteiger partial charge in [0.2, 0.25) is 6.29 Å². The van der Waals surface area contributed by atoms with Crippen LogP contribution in [0.5, 0.6) is 0 Å². The predicted octanol–water partition coefficient (Wildman–Crippen LogP) is 2.89. The summed E-state index contributed by atoms with van der Waals surface area (Å²) >= 11 is 0. The van der Waals surface area contributed by atoms with E-state index in [-0.39, 0.29) is 19.0 Å². The van der Waals surface area contributed by atoms with E-state index in [4.69, 9.17) is 19.9 Å². The first-order chi connectivity index (χ1) is 16.3. The van der Waals surface area contributed by atoms with Gasteiger partial charge in [-0.1, -0.05) is 0 Å². The van der Waals surface area contributed by atoms with Crippen molar-refractivity contribution in [2.24, 2.45) is 11.1 Å². The zero-order valence-electron chi connectivity index (χ0n) is 18.4. The number of carbonyl (C=O) groups is 2. The molecule has 1 saturated heterocycles. The maximum Gasteiger partial charge on any atom is 0.317 e. The summed E-state index contributed by atoms with van der Waals surface area (Å²) in [4.78, 5) is 36.3. The number of esters is 1. The Bertz CT molecular complexity index is 1220. The molecule has 2 aromatic heterocycles. The van der Waals surface area contributed by atoms with Crippen LogP contribution in [0.3, 0.4) is 0 Å². The molecule has 2 aliphatic rings. The van der Waals surface area contributed by atoms with Gasteiger partial charge in [-0.3, -0.25) is 14.6 Å². The molecule has 3 aromatic rings. The van der Waals surface area contributed by atoms with E-state index in [0.29, 0.717) is 35.6 Å². The van der Waals surface area contributed by atoms with E-state index in [1.807, 2.05) is 12.1 Å². The molecule has 0 spiro atoms. The van der Waals surface area contributed by atoms with Crippen LogP contribution in [0.15, 0.2) is 48.8 Å². The first-order valence-electron chi connectivity index (χ1n) is 10.8. The van der Waals surface area contributed by atoms with Crippen LogP contribution in [0.1, 0.15) is 31.9 Å². The van der Waals surface area contributed by atoms with Crippen molar-refractivity contribution in [1.29, 1.82) is 0 Å². The van der Waals surface area contributed by atoms with Crippen molar-refractivity contribution in [2.75, 3.05) is 13.2 Å². The summed E-state index contributed by atoms with van der Waals surface area (Å²) in [5, 5.41) is 0. The average Bonchev–Trinajstić information content (AvgIpc) is 3.50. The SMILES string of the molecule is CC1(C(=O)OC2(C(N)=O)CC2)COC(c2nc(-c3ccc(F)cc3)c(-c3ccncc3)[nH]2)OC1. The smallest absolute Gasteiger partial charge is 0.317 e. The van der Waals surface area contributed by atoms with Crippen LogP contribution in [0, 0.1) is 11.2 Å². The zero-order valence-corrected chi connectivity index (χ0v) is 18.4. The maximum atomic E-state index is 13.5. The summed E-state index contributed by atoms with van der Waals surface area (Å²) in [6.07, 6.45) is 3.30. The van der Waals surface area contributed by atoms with E-state index >= 15 is 0 Å². The van der Waals surface area contributed by atoms with Crippen molar-refractivity contribution < 1.29 is 28.2 Å². The second-order valence-electron chi connectivity index (χ2n) is 8.85. The molecule has 0 atom stereocenters. The largest absolute Gasteiger partial charge is 0.448 e. The molecule has 176 valence electrons. The van der Waals surface area contributed by atoms with Crippen molar-refractivity contribution in [2.45, 2.75) is 31.7 Å². The third-order valence-electron chi connectivity index (χ3n) is 6.07. The van der Waals surface area contributed by atoms with Gasteiger partial charge >= 0.3 is 5.97 Å². The van der Waals surface area contributed by atoms with Gasteiger partial charge in [0.25, 0.3) is 5.91 Å². The van der Waals surface area contributed by atoms with Crippen molar-refractivity contribution in [3.8, 4) is 22.5 Å². The average molecular weight is 466 g/mol. The lowest BCUT2D eigenvalue weighted by molar-refractivity contribution is -0.240. The molecule has 0 radical (unpaired) electrons. The molecule has 1 aromatic carbocycles. The number of carbonyl (C=O) groups excluding carboxylic acids is 2. The Labute approximate surface area is 194 Å². The number of hydrogen-bond donors (Lipinski definition) is 2. The summed E-state index contributed by atoms with van der Waals surface area (Å²) in [7, 11) is 0. The molecule has 0 unspecified atom stereocenters. The van der Waals surface area contributed by atoms with Gasteiger partial charge in [0, 0.05) is 36.4 Å². The number of aromatic amines is 1. The summed E-state index contributed by atoms with van der Waals surface area (Å²) in [6, 6.07) is 9.66. The Morgan fingerprint density at radius 3 is 2.32 bits per heavy atom. The number of rotatable bonds is 6. The summed E-state index contributed by atoms with van der Waals surface area (Å²) in [5.74, 6) is -1.18. The number of nitrogens with zero attached hydrogens (tertiary/aromatic N) is 2. The highest BCUT2D eigenvalue weighted by atomic mass is 19.1. The fourth-order valence-electron chi connectivity index (χ4n) is 3.74. The second kappa shape index (κ2) is 8.30. The Morgan fingerprint density at radius 2 is 1.74 bits per heavy atom. The number of H-pyrrole nitrogens is 1. The Kier molecular flexibility index (Phi) is 5.41. The number of aromatic nitrogens is 3. The number of nitrogens with two attached hydrogens (primary N) is 1. The quantitative estimate of drug-likeness (QED) is 0.534. The number of benzene rings is 1. The maximum absolute atomic E-state index is 13.5. The molecule has 2 fully saturated rings.